The molecule has 0 saturated heterocycles. The van der Waals surface area contributed by atoms with Crippen molar-refractivity contribution < 1.29 is 0 Å². The summed E-state index contributed by atoms with van der Waals surface area (Å²) in [4.78, 5) is 0. The fourth-order valence-corrected chi connectivity index (χ4v) is 3.62. The summed E-state index contributed by atoms with van der Waals surface area (Å²) in [6.45, 7) is 9.88. The fraction of sp³-hybridized carbons (Fsp3) is 0.250. The van der Waals surface area contributed by atoms with E-state index in [9.17, 15) is 0 Å². The second-order valence-electron chi connectivity index (χ2n) is 7.56. The van der Waals surface area contributed by atoms with Gasteiger partial charge < -0.3 is 0 Å². The Bertz CT molecular complexity index is 993. The number of hydrogen-bond donors (Lipinski definition) is 0. The van der Waals surface area contributed by atoms with E-state index in [0.29, 0.717) is 0 Å². The van der Waals surface area contributed by atoms with Crippen LogP contribution in [0.3, 0.4) is 0 Å². The summed E-state index contributed by atoms with van der Waals surface area (Å²) in [5, 5.41) is 9.09. The molecule has 0 fully saturated rings. The first-order valence-electron chi connectivity index (χ1n) is 9.68. The van der Waals surface area contributed by atoms with E-state index in [-0.39, 0.29) is 0 Å². The van der Waals surface area contributed by atoms with Crippen LogP contribution in [0.25, 0.3) is 11.1 Å². The van der Waals surface area contributed by atoms with Crippen LogP contribution in [0.15, 0.2) is 60.7 Å². The van der Waals surface area contributed by atoms with Gasteiger partial charge >= 0.3 is 0 Å². The van der Waals surface area contributed by atoms with Crippen LogP contribution in [0.1, 0.15) is 33.9 Å². The van der Waals surface area contributed by atoms with Gasteiger partial charge in [-0.25, -0.2) is 0 Å². The van der Waals surface area contributed by atoms with Crippen molar-refractivity contribution in [1.29, 1.82) is 0 Å². The predicted molar refractivity (Wildman–Crippen MR) is 113 cm³/mol. The zero-order chi connectivity index (χ0) is 19.7. The van der Waals surface area contributed by atoms with Gasteiger partial charge in [0.1, 0.15) is 0 Å². The van der Waals surface area contributed by atoms with Gasteiger partial charge in [0, 0.05) is 11.4 Å². The molecule has 4 rings (SSSR count). The molecule has 0 aliphatic heterocycles. The second kappa shape index (κ2) is 7.47. The summed E-state index contributed by atoms with van der Waals surface area (Å²) in [6.07, 6.45) is 0. The molecular formula is C24H26N4. The van der Waals surface area contributed by atoms with Crippen LogP contribution in [0.4, 0.5) is 0 Å². The van der Waals surface area contributed by atoms with E-state index in [1.807, 2.05) is 13.8 Å². The number of aromatic nitrogens is 4. The second-order valence-corrected chi connectivity index (χ2v) is 7.56. The molecule has 4 heteroatoms. The highest BCUT2D eigenvalue weighted by molar-refractivity contribution is 5.64. The number of benzene rings is 2. The third-order valence-electron chi connectivity index (χ3n) is 5.11. The summed E-state index contributed by atoms with van der Waals surface area (Å²) in [5.74, 6) is 0. The van der Waals surface area contributed by atoms with Gasteiger partial charge in [-0.05, 0) is 62.1 Å². The summed E-state index contributed by atoms with van der Waals surface area (Å²) < 4.78 is 4.11. The maximum Gasteiger partial charge on any atom is 0.0662 e. The third kappa shape index (κ3) is 3.91. The molecule has 0 unspecified atom stereocenters. The Kier molecular flexibility index (Phi) is 4.86. The van der Waals surface area contributed by atoms with Crippen molar-refractivity contribution in [3.05, 3.63) is 94.6 Å². The minimum absolute atomic E-state index is 0.807. The van der Waals surface area contributed by atoms with Gasteiger partial charge in [-0.2, -0.15) is 10.2 Å². The molecule has 0 saturated carbocycles. The Labute approximate surface area is 166 Å². The lowest BCUT2D eigenvalue weighted by atomic mass is 10.0. The first-order chi connectivity index (χ1) is 13.5. The van der Waals surface area contributed by atoms with E-state index >= 15 is 0 Å². The molecule has 142 valence electrons. The van der Waals surface area contributed by atoms with Crippen LogP contribution in [0.5, 0.6) is 0 Å². The smallest absolute Gasteiger partial charge is 0.0662 e. The normalized spacial score (nSPS) is 11.1. The summed E-state index contributed by atoms with van der Waals surface area (Å²) in [5.41, 5.74) is 9.50. The molecule has 28 heavy (non-hydrogen) atoms. The highest BCUT2D eigenvalue weighted by Gasteiger charge is 2.05. The number of aryl methyl sites for hydroxylation is 4. The van der Waals surface area contributed by atoms with Crippen molar-refractivity contribution in [2.45, 2.75) is 40.8 Å². The van der Waals surface area contributed by atoms with E-state index in [2.05, 4.69) is 94.1 Å². The molecule has 2 aromatic heterocycles. The lowest BCUT2D eigenvalue weighted by Crippen LogP contribution is -2.04. The van der Waals surface area contributed by atoms with Crippen LogP contribution >= 0.6 is 0 Å². The van der Waals surface area contributed by atoms with E-state index in [4.69, 9.17) is 0 Å². The topological polar surface area (TPSA) is 35.6 Å². The molecule has 0 aliphatic rings. The maximum absolute atomic E-state index is 4.55. The lowest BCUT2D eigenvalue weighted by molar-refractivity contribution is 0.659. The zero-order valence-corrected chi connectivity index (χ0v) is 17.0. The maximum atomic E-state index is 4.55. The zero-order valence-electron chi connectivity index (χ0n) is 17.0. The van der Waals surface area contributed by atoms with Crippen molar-refractivity contribution in [1.82, 2.24) is 19.6 Å². The summed E-state index contributed by atoms with van der Waals surface area (Å²) >= 11 is 0. The molecule has 2 aromatic carbocycles. The lowest BCUT2D eigenvalue weighted by Gasteiger charge is -2.08. The van der Waals surface area contributed by atoms with Gasteiger partial charge in [-0.15, -0.1) is 0 Å². The highest BCUT2D eigenvalue weighted by Crippen LogP contribution is 2.21. The molecule has 0 bridgehead atoms. The van der Waals surface area contributed by atoms with Crippen molar-refractivity contribution in [2.24, 2.45) is 0 Å². The van der Waals surface area contributed by atoms with Gasteiger partial charge in [0.05, 0.1) is 24.5 Å². The monoisotopic (exact) mass is 370 g/mol. The molecule has 0 spiro atoms. The highest BCUT2D eigenvalue weighted by atomic mass is 15.3. The quantitative estimate of drug-likeness (QED) is 0.491. The molecule has 0 aliphatic carbocycles. The van der Waals surface area contributed by atoms with Crippen LogP contribution < -0.4 is 0 Å². The minimum atomic E-state index is 0.807. The largest absolute Gasteiger partial charge is 0.265 e. The molecule has 0 N–H and O–H groups in total. The van der Waals surface area contributed by atoms with Crippen molar-refractivity contribution in [2.75, 3.05) is 0 Å². The van der Waals surface area contributed by atoms with Crippen LogP contribution in [-0.2, 0) is 13.1 Å². The van der Waals surface area contributed by atoms with Gasteiger partial charge in [0.25, 0.3) is 0 Å². The van der Waals surface area contributed by atoms with E-state index < -0.39 is 0 Å². The molecule has 2 heterocycles. The summed E-state index contributed by atoms with van der Waals surface area (Å²) in [6, 6.07) is 21.8. The first-order valence-corrected chi connectivity index (χ1v) is 9.68. The van der Waals surface area contributed by atoms with Gasteiger partial charge in [-0.3, -0.25) is 9.36 Å². The molecule has 4 aromatic rings. The van der Waals surface area contributed by atoms with Crippen LogP contribution in [-0.4, -0.2) is 19.6 Å². The Morgan fingerprint density at radius 1 is 0.571 bits per heavy atom. The van der Waals surface area contributed by atoms with Gasteiger partial charge in [-0.1, -0.05) is 48.5 Å². The summed E-state index contributed by atoms with van der Waals surface area (Å²) in [7, 11) is 0. The Morgan fingerprint density at radius 3 is 1.21 bits per heavy atom. The minimum Gasteiger partial charge on any atom is -0.265 e. The Balaban J connectivity index is 1.47. The predicted octanol–water partition coefficient (Wildman–Crippen LogP) is 5.08. The Hall–Kier alpha value is -3.14. The molecule has 0 radical (unpaired) electrons. The third-order valence-corrected chi connectivity index (χ3v) is 5.11. The van der Waals surface area contributed by atoms with Crippen molar-refractivity contribution >= 4 is 0 Å². The first kappa shape index (κ1) is 18.2. The fourth-order valence-electron chi connectivity index (χ4n) is 3.62. The van der Waals surface area contributed by atoms with Gasteiger partial charge in [0.15, 0.2) is 0 Å². The van der Waals surface area contributed by atoms with Gasteiger partial charge in [0.2, 0.25) is 0 Å². The van der Waals surface area contributed by atoms with E-state index in [0.717, 1.165) is 24.5 Å². The molecular weight excluding hydrogens is 344 g/mol. The van der Waals surface area contributed by atoms with E-state index in [1.165, 1.54) is 33.6 Å². The molecule has 0 amide bonds. The van der Waals surface area contributed by atoms with E-state index in [1.54, 1.807) is 0 Å². The van der Waals surface area contributed by atoms with Crippen molar-refractivity contribution in [3.63, 3.8) is 0 Å². The molecule has 0 atom stereocenters. The number of hydrogen-bond acceptors (Lipinski definition) is 2. The molecule has 4 nitrogen and oxygen atoms in total. The number of rotatable bonds is 5. The van der Waals surface area contributed by atoms with Crippen molar-refractivity contribution in [3.8, 4) is 11.1 Å². The number of nitrogens with zero attached hydrogens (tertiary/aromatic N) is 4. The Morgan fingerprint density at radius 2 is 0.929 bits per heavy atom. The average Bonchev–Trinajstić information content (AvgIpc) is 3.16. The SMILES string of the molecule is Cc1cc(C)n(Cc2ccc(-c3ccc(Cn4nc(C)cc4C)cc3)cc2)n1. The average molecular weight is 371 g/mol. The van der Waals surface area contributed by atoms with Crippen LogP contribution in [0, 0.1) is 27.7 Å². The standard InChI is InChI=1S/C24H26N4/c1-17-13-19(3)27(25-17)15-21-5-9-23(10-6-21)24-11-7-22(8-12-24)16-28-20(4)14-18(2)26-28/h5-14H,15-16H2,1-4H3. The van der Waals surface area contributed by atoms with Crippen LogP contribution in [0.2, 0.25) is 0 Å².